The monoisotopic (exact) mass is 379 g/mol. The second-order valence-corrected chi connectivity index (χ2v) is 6.22. The number of halogens is 2. The molecule has 1 fully saturated rings. The number of nitrogens with zero attached hydrogens (tertiary/aromatic N) is 2. The number of alkyl halides is 2. The zero-order valence-corrected chi connectivity index (χ0v) is 14.6. The second kappa shape index (κ2) is 7.83. The molecule has 0 spiro atoms. The zero-order valence-electron chi connectivity index (χ0n) is 14.6. The van der Waals surface area contributed by atoms with E-state index in [0.717, 1.165) is 0 Å². The van der Waals surface area contributed by atoms with Crippen LogP contribution in [0.3, 0.4) is 0 Å². The number of carboxylic acids is 1. The molecule has 0 radical (unpaired) electrons. The van der Waals surface area contributed by atoms with Gasteiger partial charge in [-0.1, -0.05) is 18.2 Å². The van der Waals surface area contributed by atoms with Crippen molar-refractivity contribution >= 4 is 11.8 Å². The molecule has 1 saturated heterocycles. The molecule has 0 atom stereocenters. The molecule has 1 aromatic heterocycles. The predicted octanol–water partition coefficient (Wildman–Crippen LogP) is 3.67. The van der Waals surface area contributed by atoms with Crippen LogP contribution in [0.5, 0.6) is 11.6 Å². The molecule has 0 saturated carbocycles. The molecule has 2 heterocycles. The Bertz CT molecular complexity index is 806. The SMILES string of the molecule is CC(F)(F)c1nc(NC2CCOCC2)c(C(=O)O)c(Oc2ccccc2)n1. The van der Waals surface area contributed by atoms with Gasteiger partial charge in [-0.2, -0.15) is 13.8 Å². The number of benzene rings is 1. The number of ether oxygens (including phenoxy) is 2. The number of anilines is 1. The molecule has 2 aromatic rings. The Kier molecular flexibility index (Phi) is 5.50. The van der Waals surface area contributed by atoms with Gasteiger partial charge in [-0.25, -0.2) is 9.78 Å². The van der Waals surface area contributed by atoms with Crippen LogP contribution in [0.25, 0.3) is 0 Å². The molecule has 0 unspecified atom stereocenters. The smallest absolute Gasteiger partial charge is 0.345 e. The van der Waals surface area contributed by atoms with Gasteiger partial charge < -0.3 is 19.9 Å². The summed E-state index contributed by atoms with van der Waals surface area (Å²) in [5.41, 5.74) is -0.390. The fourth-order valence-corrected chi connectivity index (χ4v) is 2.64. The van der Waals surface area contributed by atoms with Gasteiger partial charge in [-0.3, -0.25) is 0 Å². The largest absolute Gasteiger partial charge is 0.477 e. The maximum atomic E-state index is 13.9. The van der Waals surface area contributed by atoms with Crippen LogP contribution in [0.4, 0.5) is 14.6 Å². The Morgan fingerprint density at radius 3 is 2.52 bits per heavy atom. The van der Waals surface area contributed by atoms with Crippen LogP contribution in [0.2, 0.25) is 0 Å². The number of hydrogen-bond donors (Lipinski definition) is 2. The quantitative estimate of drug-likeness (QED) is 0.791. The third-order valence-electron chi connectivity index (χ3n) is 4.00. The van der Waals surface area contributed by atoms with Gasteiger partial charge in [-0.05, 0) is 25.0 Å². The van der Waals surface area contributed by atoms with Gasteiger partial charge in [-0.15, -0.1) is 0 Å². The minimum absolute atomic E-state index is 0.144. The molecule has 0 aliphatic carbocycles. The van der Waals surface area contributed by atoms with Crippen molar-refractivity contribution in [2.45, 2.75) is 31.7 Å². The topological polar surface area (TPSA) is 93.6 Å². The lowest BCUT2D eigenvalue weighted by molar-refractivity contribution is 0.00712. The van der Waals surface area contributed by atoms with Gasteiger partial charge >= 0.3 is 11.9 Å². The number of nitrogens with one attached hydrogen (secondary N) is 1. The van der Waals surface area contributed by atoms with Crippen molar-refractivity contribution < 1.29 is 28.2 Å². The predicted molar refractivity (Wildman–Crippen MR) is 92.5 cm³/mol. The van der Waals surface area contributed by atoms with E-state index in [4.69, 9.17) is 9.47 Å². The highest BCUT2D eigenvalue weighted by Gasteiger charge is 2.33. The second-order valence-electron chi connectivity index (χ2n) is 6.22. The Morgan fingerprint density at radius 1 is 1.26 bits per heavy atom. The van der Waals surface area contributed by atoms with Crippen molar-refractivity contribution in [2.75, 3.05) is 18.5 Å². The van der Waals surface area contributed by atoms with Crippen molar-refractivity contribution in [3.05, 3.63) is 41.7 Å². The van der Waals surface area contributed by atoms with E-state index in [9.17, 15) is 18.7 Å². The highest BCUT2D eigenvalue weighted by atomic mass is 19.3. The van der Waals surface area contributed by atoms with Gasteiger partial charge in [0, 0.05) is 26.2 Å². The Labute approximate surface area is 154 Å². The highest BCUT2D eigenvalue weighted by Crippen LogP contribution is 2.33. The van der Waals surface area contributed by atoms with Crippen LogP contribution in [0, 0.1) is 0 Å². The summed E-state index contributed by atoms with van der Waals surface area (Å²) in [5.74, 6) is -5.89. The summed E-state index contributed by atoms with van der Waals surface area (Å²) >= 11 is 0. The first kappa shape index (κ1) is 19.0. The molecule has 1 aliphatic heterocycles. The molecule has 2 N–H and O–H groups in total. The molecule has 9 heteroatoms. The molecule has 0 bridgehead atoms. The van der Waals surface area contributed by atoms with Gasteiger partial charge in [0.25, 0.3) is 0 Å². The van der Waals surface area contributed by atoms with E-state index in [1.54, 1.807) is 30.3 Å². The van der Waals surface area contributed by atoms with Crippen molar-refractivity contribution in [1.82, 2.24) is 9.97 Å². The summed E-state index contributed by atoms with van der Waals surface area (Å²) in [6.45, 7) is 1.64. The van der Waals surface area contributed by atoms with E-state index in [0.29, 0.717) is 33.0 Å². The Balaban J connectivity index is 2.05. The third-order valence-corrected chi connectivity index (χ3v) is 4.00. The summed E-state index contributed by atoms with van der Waals surface area (Å²) in [7, 11) is 0. The van der Waals surface area contributed by atoms with E-state index < -0.39 is 29.2 Å². The number of hydrogen-bond acceptors (Lipinski definition) is 6. The fourth-order valence-electron chi connectivity index (χ4n) is 2.64. The minimum Gasteiger partial charge on any atom is -0.477 e. The van der Waals surface area contributed by atoms with Crippen molar-refractivity contribution in [1.29, 1.82) is 0 Å². The molecular weight excluding hydrogens is 360 g/mol. The number of rotatable bonds is 6. The first-order valence-corrected chi connectivity index (χ1v) is 8.45. The molecule has 144 valence electrons. The molecule has 7 nitrogen and oxygen atoms in total. The lowest BCUT2D eigenvalue weighted by Crippen LogP contribution is -2.30. The van der Waals surface area contributed by atoms with Gasteiger partial charge in [0.1, 0.15) is 11.6 Å². The third kappa shape index (κ3) is 4.68. The maximum Gasteiger partial charge on any atom is 0.345 e. The van der Waals surface area contributed by atoms with E-state index in [-0.39, 0.29) is 17.6 Å². The molecule has 0 amide bonds. The van der Waals surface area contributed by atoms with Crippen LogP contribution in [0.15, 0.2) is 30.3 Å². The van der Waals surface area contributed by atoms with E-state index in [1.165, 1.54) is 0 Å². The molecular formula is C18H19F2N3O4. The summed E-state index contributed by atoms with van der Waals surface area (Å²) in [4.78, 5) is 19.3. The zero-order chi connectivity index (χ0) is 19.4. The summed E-state index contributed by atoms with van der Waals surface area (Å²) in [6.07, 6.45) is 1.21. The van der Waals surface area contributed by atoms with Crippen LogP contribution >= 0.6 is 0 Å². The van der Waals surface area contributed by atoms with Gasteiger partial charge in [0.15, 0.2) is 5.56 Å². The first-order chi connectivity index (χ1) is 12.8. The number of carboxylic acid groups (broad SMARTS) is 1. The van der Waals surface area contributed by atoms with Crippen molar-refractivity contribution in [2.24, 2.45) is 0 Å². The first-order valence-electron chi connectivity index (χ1n) is 8.45. The number of carbonyl (C=O) groups is 1. The minimum atomic E-state index is -3.36. The maximum absolute atomic E-state index is 13.9. The lowest BCUT2D eigenvalue weighted by atomic mass is 10.1. The highest BCUT2D eigenvalue weighted by molar-refractivity contribution is 5.95. The number of aromatic nitrogens is 2. The van der Waals surface area contributed by atoms with Crippen LogP contribution in [-0.2, 0) is 10.7 Å². The standard InChI is InChI=1S/C18H19F2N3O4/c1-18(19,20)17-22-14(21-11-7-9-26-10-8-11)13(16(24)25)15(23-17)27-12-5-3-2-4-6-12/h2-6,11H,7-10H2,1H3,(H,24,25)(H,21,22,23). The normalized spacial score (nSPS) is 15.4. The molecule has 3 rings (SSSR count). The van der Waals surface area contributed by atoms with E-state index in [2.05, 4.69) is 15.3 Å². The van der Waals surface area contributed by atoms with Crippen molar-refractivity contribution in [3.8, 4) is 11.6 Å². The van der Waals surface area contributed by atoms with Crippen LogP contribution in [0.1, 0.15) is 35.9 Å². The lowest BCUT2D eigenvalue weighted by Gasteiger charge is -2.25. The average molecular weight is 379 g/mol. The van der Waals surface area contributed by atoms with Crippen molar-refractivity contribution in [3.63, 3.8) is 0 Å². The summed E-state index contributed by atoms with van der Waals surface area (Å²) in [5, 5.41) is 12.6. The van der Waals surface area contributed by atoms with Gasteiger partial charge in [0.2, 0.25) is 11.7 Å². The molecule has 27 heavy (non-hydrogen) atoms. The van der Waals surface area contributed by atoms with E-state index in [1.807, 2.05) is 0 Å². The molecule has 1 aromatic carbocycles. The van der Waals surface area contributed by atoms with Crippen LogP contribution < -0.4 is 10.1 Å². The van der Waals surface area contributed by atoms with Crippen LogP contribution in [-0.4, -0.2) is 40.3 Å². The average Bonchev–Trinajstić information content (AvgIpc) is 2.62. The van der Waals surface area contributed by atoms with Gasteiger partial charge in [0.05, 0.1) is 0 Å². The molecule has 1 aliphatic rings. The Morgan fingerprint density at radius 2 is 1.93 bits per heavy atom. The summed E-state index contributed by atoms with van der Waals surface area (Å²) in [6, 6.07) is 8.09. The van der Waals surface area contributed by atoms with E-state index >= 15 is 0 Å². The fraction of sp³-hybridized carbons (Fsp3) is 0.389. The summed E-state index contributed by atoms with van der Waals surface area (Å²) < 4.78 is 38.5. The number of para-hydroxylation sites is 1. The Hall–Kier alpha value is -2.81. The number of aromatic carboxylic acids is 1.